The molecule has 0 aliphatic heterocycles. The number of carbonyl (C=O) groups is 1. The number of benzene rings is 2. The van der Waals surface area contributed by atoms with Crippen LogP contribution in [0.4, 0.5) is 5.82 Å². The van der Waals surface area contributed by atoms with E-state index in [0.717, 1.165) is 21.6 Å². The summed E-state index contributed by atoms with van der Waals surface area (Å²) >= 11 is 0. The number of carbonyl (C=O) groups excluding carboxylic acids is 1. The third-order valence-corrected chi connectivity index (χ3v) is 4.54. The largest absolute Gasteiger partial charge is 0.489 e. The van der Waals surface area contributed by atoms with Gasteiger partial charge in [-0.15, -0.1) is 5.10 Å². The van der Waals surface area contributed by atoms with Crippen LogP contribution in [0.25, 0.3) is 5.82 Å². The number of amides is 1. The number of hydrazone groups is 1. The zero-order valence-corrected chi connectivity index (χ0v) is 17.4. The lowest BCUT2D eigenvalue weighted by molar-refractivity contribution is 0.0946. The van der Waals surface area contributed by atoms with Gasteiger partial charge >= 0.3 is 0 Å². The van der Waals surface area contributed by atoms with Crippen molar-refractivity contribution in [2.75, 3.05) is 5.73 Å². The van der Waals surface area contributed by atoms with Crippen LogP contribution in [0.1, 0.15) is 32.9 Å². The number of aryl methyl sites for hydroxylation is 2. The van der Waals surface area contributed by atoms with Gasteiger partial charge in [0.05, 0.1) is 11.9 Å². The molecule has 0 atom stereocenters. The van der Waals surface area contributed by atoms with Gasteiger partial charge in [0.1, 0.15) is 12.4 Å². The Morgan fingerprint density at radius 2 is 1.91 bits per heavy atom. The molecule has 162 valence electrons. The predicted molar refractivity (Wildman–Crippen MR) is 115 cm³/mol. The van der Waals surface area contributed by atoms with Crippen molar-refractivity contribution in [1.82, 2.24) is 30.7 Å². The number of nitrogens with two attached hydrogens (primary N) is 1. The van der Waals surface area contributed by atoms with E-state index in [2.05, 4.69) is 47.9 Å². The second-order valence-corrected chi connectivity index (χ2v) is 6.95. The minimum atomic E-state index is -0.538. The van der Waals surface area contributed by atoms with Crippen LogP contribution in [0.2, 0.25) is 0 Å². The topological polar surface area (TPSA) is 146 Å². The third kappa shape index (κ3) is 4.61. The summed E-state index contributed by atoms with van der Waals surface area (Å²) in [5.74, 6) is 0.249. The first-order valence-corrected chi connectivity index (χ1v) is 9.64. The maximum Gasteiger partial charge on any atom is 0.292 e. The summed E-state index contributed by atoms with van der Waals surface area (Å²) < 4.78 is 11.5. The molecule has 0 radical (unpaired) electrons. The van der Waals surface area contributed by atoms with Crippen molar-refractivity contribution in [3.05, 3.63) is 76.6 Å². The van der Waals surface area contributed by atoms with Crippen molar-refractivity contribution < 1.29 is 14.2 Å². The molecule has 4 rings (SSSR count). The molecule has 2 aromatic carbocycles. The van der Waals surface area contributed by atoms with Gasteiger partial charge in [-0.05, 0) is 59.6 Å². The minimum absolute atomic E-state index is 0.0165. The smallest absolute Gasteiger partial charge is 0.292 e. The average Bonchev–Trinajstić information content (AvgIpc) is 3.39. The lowest BCUT2D eigenvalue weighted by Crippen LogP contribution is -2.22. The van der Waals surface area contributed by atoms with Gasteiger partial charge in [0.25, 0.3) is 5.91 Å². The van der Waals surface area contributed by atoms with Crippen molar-refractivity contribution in [3.63, 3.8) is 0 Å². The number of anilines is 1. The summed E-state index contributed by atoms with van der Waals surface area (Å²) in [5.41, 5.74) is 11.7. The molecule has 0 saturated heterocycles. The van der Waals surface area contributed by atoms with E-state index >= 15 is 0 Å². The predicted octanol–water partition coefficient (Wildman–Crippen LogP) is 2.19. The van der Waals surface area contributed by atoms with Crippen LogP contribution in [0.3, 0.4) is 0 Å². The lowest BCUT2D eigenvalue weighted by atomic mass is 10.2. The van der Waals surface area contributed by atoms with Crippen molar-refractivity contribution in [2.24, 2.45) is 5.10 Å². The molecular formula is C21H20N8O3. The zero-order chi connectivity index (χ0) is 22.5. The van der Waals surface area contributed by atoms with Crippen molar-refractivity contribution in [1.29, 1.82) is 0 Å². The van der Waals surface area contributed by atoms with Crippen molar-refractivity contribution >= 4 is 17.9 Å². The summed E-state index contributed by atoms with van der Waals surface area (Å²) in [6.07, 6.45) is 1.51. The first-order chi connectivity index (χ1) is 15.5. The SMILES string of the molecule is Cc1ccc(COc2ccc(/C=N\NC(=O)c3c(C)nnn3-c3nonc3N)cc2)cc1. The number of hydrogen-bond acceptors (Lipinski definition) is 9. The summed E-state index contributed by atoms with van der Waals surface area (Å²) in [6, 6.07) is 15.5. The van der Waals surface area contributed by atoms with E-state index in [1.807, 2.05) is 43.3 Å². The summed E-state index contributed by atoms with van der Waals surface area (Å²) in [6.45, 7) is 4.15. The molecule has 2 heterocycles. The first-order valence-electron chi connectivity index (χ1n) is 9.64. The molecule has 11 heteroatoms. The van der Waals surface area contributed by atoms with Crippen LogP contribution >= 0.6 is 0 Å². The van der Waals surface area contributed by atoms with Crippen LogP contribution in [0.15, 0.2) is 58.3 Å². The Bertz CT molecular complexity index is 1240. The Morgan fingerprint density at radius 1 is 1.16 bits per heavy atom. The van der Waals surface area contributed by atoms with Gasteiger partial charge in [-0.1, -0.05) is 35.0 Å². The molecule has 0 unspecified atom stereocenters. The minimum Gasteiger partial charge on any atom is -0.489 e. The Balaban J connectivity index is 1.36. The molecule has 0 aliphatic rings. The van der Waals surface area contributed by atoms with E-state index in [1.165, 1.54) is 11.8 Å². The average molecular weight is 432 g/mol. The highest BCUT2D eigenvalue weighted by atomic mass is 16.6. The normalized spacial score (nSPS) is 11.1. The molecule has 11 nitrogen and oxygen atoms in total. The number of rotatable bonds is 7. The van der Waals surface area contributed by atoms with E-state index in [9.17, 15) is 4.79 Å². The maximum absolute atomic E-state index is 12.6. The second kappa shape index (κ2) is 9.08. The maximum atomic E-state index is 12.6. The summed E-state index contributed by atoms with van der Waals surface area (Å²) in [7, 11) is 0. The van der Waals surface area contributed by atoms with Crippen molar-refractivity contribution in [3.8, 4) is 11.6 Å². The quantitative estimate of drug-likeness (QED) is 0.334. The number of aromatic nitrogens is 5. The van der Waals surface area contributed by atoms with Crippen LogP contribution in [-0.4, -0.2) is 37.4 Å². The van der Waals surface area contributed by atoms with Gasteiger partial charge in [0, 0.05) is 0 Å². The molecule has 0 saturated carbocycles. The fourth-order valence-corrected chi connectivity index (χ4v) is 2.82. The van der Waals surface area contributed by atoms with Crippen LogP contribution in [0.5, 0.6) is 5.75 Å². The fourth-order valence-electron chi connectivity index (χ4n) is 2.82. The number of nitrogen functional groups attached to an aromatic ring is 1. The fraction of sp³-hybridized carbons (Fsp3) is 0.143. The van der Waals surface area contributed by atoms with E-state index in [0.29, 0.717) is 12.3 Å². The molecule has 4 aromatic rings. The van der Waals surface area contributed by atoms with Gasteiger partial charge in [0.15, 0.2) is 5.69 Å². The molecule has 0 bridgehead atoms. The summed E-state index contributed by atoms with van der Waals surface area (Å²) in [4.78, 5) is 12.6. The van der Waals surface area contributed by atoms with Gasteiger partial charge in [-0.3, -0.25) is 4.79 Å². The molecule has 1 amide bonds. The van der Waals surface area contributed by atoms with E-state index < -0.39 is 5.91 Å². The Labute approximate surface area is 182 Å². The summed E-state index contributed by atoms with van der Waals surface area (Å²) in [5, 5.41) is 18.8. The lowest BCUT2D eigenvalue weighted by Gasteiger charge is -2.07. The van der Waals surface area contributed by atoms with Gasteiger partial charge < -0.3 is 10.5 Å². The molecule has 32 heavy (non-hydrogen) atoms. The number of nitrogens with one attached hydrogen (secondary N) is 1. The van der Waals surface area contributed by atoms with Gasteiger partial charge in [0.2, 0.25) is 11.6 Å². The van der Waals surface area contributed by atoms with Crippen LogP contribution < -0.4 is 15.9 Å². The molecular weight excluding hydrogens is 412 g/mol. The highest BCUT2D eigenvalue weighted by Crippen LogP contribution is 2.16. The van der Waals surface area contributed by atoms with Crippen LogP contribution in [-0.2, 0) is 6.61 Å². The standard InChI is InChI=1S/C21H20N8O3/c1-13-3-5-16(6-4-13)12-31-17-9-7-15(8-10-17)11-23-25-21(30)18-14(2)24-28-29(18)20-19(22)26-32-27-20/h3-11H,12H2,1-2H3,(H2,22,26)(H,25,30)/b23-11-. The molecule has 2 aromatic heterocycles. The molecule has 0 spiro atoms. The Morgan fingerprint density at radius 3 is 2.59 bits per heavy atom. The highest BCUT2D eigenvalue weighted by Gasteiger charge is 2.22. The van der Waals surface area contributed by atoms with Crippen LogP contribution in [0, 0.1) is 13.8 Å². The number of hydrogen-bond donors (Lipinski definition) is 2. The van der Waals surface area contributed by atoms with Gasteiger partial charge in [-0.2, -0.15) is 9.78 Å². The van der Waals surface area contributed by atoms with Gasteiger partial charge in [-0.25, -0.2) is 10.1 Å². The monoisotopic (exact) mass is 432 g/mol. The Hall–Kier alpha value is -4.54. The molecule has 0 fully saturated rings. The molecule has 0 aliphatic carbocycles. The van der Waals surface area contributed by atoms with E-state index in [4.69, 9.17) is 10.5 Å². The Kier molecular flexibility index (Phi) is 5.88. The zero-order valence-electron chi connectivity index (χ0n) is 17.4. The number of ether oxygens (including phenoxy) is 1. The van der Waals surface area contributed by atoms with E-state index in [1.54, 1.807) is 6.92 Å². The van der Waals surface area contributed by atoms with E-state index in [-0.39, 0.29) is 17.3 Å². The highest BCUT2D eigenvalue weighted by molar-refractivity contribution is 5.94. The van der Waals surface area contributed by atoms with Crippen molar-refractivity contribution in [2.45, 2.75) is 20.5 Å². The third-order valence-electron chi connectivity index (χ3n) is 4.54. The first kappa shape index (κ1) is 20.7. The number of nitrogens with zero attached hydrogens (tertiary/aromatic N) is 6. The second-order valence-electron chi connectivity index (χ2n) is 6.95. The molecule has 3 N–H and O–H groups in total.